The van der Waals surface area contributed by atoms with Crippen LogP contribution in [0.4, 0.5) is 25.0 Å². The zero-order chi connectivity index (χ0) is 38.8. The van der Waals surface area contributed by atoms with Crippen LogP contribution < -0.4 is 22.0 Å². The molecule has 0 bridgehead atoms. The molecule has 6 rings (SSSR count). The average Bonchev–Trinajstić information content (AvgIpc) is 3.83. The van der Waals surface area contributed by atoms with Crippen LogP contribution in [0.2, 0.25) is 0 Å². The molecule has 0 unspecified atom stereocenters. The van der Waals surface area contributed by atoms with Gasteiger partial charge in [-0.1, -0.05) is 52.4 Å². The Morgan fingerprint density at radius 2 is 1.19 bits per heavy atom. The van der Waals surface area contributed by atoms with Crippen LogP contribution in [0.5, 0.6) is 0 Å². The Morgan fingerprint density at radius 1 is 0.755 bits per heavy atom. The fourth-order valence-corrected chi connectivity index (χ4v) is 6.90. The number of rotatable bonds is 5. The third-order valence-electron chi connectivity index (χ3n) is 12.2. The lowest BCUT2D eigenvalue weighted by molar-refractivity contribution is 0.00578. The molecule has 0 aromatic heterocycles. The number of likely N-dealkylation sites (tertiary alicyclic amines) is 1. The number of hydrogen-bond acceptors (Lipinski definition) is 6. The molecule has 0 spiro atoms. The van der Waals surface area contributed by atoms with Gasteiger partial charge in [0.2, 0.25) is 0 Å². The molecule has 3 aliphatic heterocycles. The number of hydrogen-bond donors (Lipinski definition) is 2. The lowest BCUT2D eigenvalue weighted by atomic mass is 9.76. The van der Waals surface area contributed by atoms with Gasteiger partial charge in [-0.3, -0.25) is 0 Å². The third kappa shape index (κ3) is 10.5. The van der Waals surface area contributed by atoms with E-state index in [-0.39, 0.29) is 29.8 Å². The van der Waals surface area contributed by atoms with Crippen molar-refractivity contribution in [2.45, 2.75) is 150 Å². The van der Waals surface area contributed by atoms with E-state index in [0.29, 0.717) is 12.5 Å². The molecule has 3 heterocycles. The minimum absolute atomic E-state index is 0. The first-order chi connectivity index (χ1) is 24.1. The molecule has 8 nitrogen and oxygen atoms in total. The van der Waals surface area contributed by atoms with Crippen molar-refractivity contribution >= 4 is 55.0 Å². The number of nitrogen functional groups attached to an aromatic ring is 1. The first-order valence-electron chi connectivity index (χ1n) is 19.2. The third-order valence-corrected chi connectivity index (χ3v) is 12.2. The van der Waals surface area contributed by atoms with Gasteiger partial charge in [-0.15, -0.1) is 12.4 Å². The molecule has 13 heteroatoms. The Kier molecular flexibility index (Phi) is 15.0. The Balaban J connectivity index is 0.000000249. The van der Waals surface area contributed by atoms with Crippen LogP contribution in [-0.4, -0.2) is 60.7 Å². The highest BCUT2D eigenvalue weighted by atomic mass is 35.5. The lowest BCUT2D eigenvalue weighted by Gasteiger charge is -2.32. The summed E-state index contributed by atoms with van der Waals surface area (Å²) in [6.07, 6.45) is 9.48. The van der Waals surface area contributed by atoms with Crippen molar-refractivity contribution in [2.75, 3.05) is 24.1 Å². The lowest BCUT2D eigenvalue weighted by Crippen LogP contribution is -2.41. The van der Waals surface area contributed by atoms with Crippen molar-refractivity contribution in [3.05, 3.63) is 47.0 Å². The maximum absolute atomic E-state index is 14.5. The number of anilines is 2. The molecule has 3 N–H and O–H groups in total. The highest BCUT2D eigenvalue weighted by molar-refractivity contribution is 6.63. The molecule has 4 fully saturated rings. The number of halogens is 3. The molecule has 296 valence electrons. The molecule has 1 saturated carbocycles. The van der Waals surface area contributed by atoms with Crippen molar-refractivity contribution in [1.29, 1.82) is 0 Å². The Morgan fingerprint density at radius 3 is 1.60 bits per heavy atom. The predicted octanol–water partition coefficient (Wildman–Crippen LogP) is 8.72. The van der Waals surface area contributed by atoms with Gasteiger partial charge in [0, 0.05) is 13.1 Å². The van der Waals surface area contributed by atoms with Crippen LogP contribution >= 0.6 is 12.4 Å². The minimum atomic E-state index is -0.595. The van der Waals surface area contributed by atoms with Gasteiger partial charge in [-0.2, -0.15) is 0 Å². The van der Waals surface area contributed by atoms with Gasteiger partial charge in [0.25, 0.3) is 0 Å². The van der Waals surface area contributed by atoms with Gasteiger partial charge in [0.05, 0.1) is 33.8 Å². The van der Waals surface area contributed by atoms with Crippen LogP contribution in [0.1, 0.15) is 125 Å². The van der Waals surface area contributed by atoms with Crippen molar-refractivity contribution < 1.29 is 32.2 Å². The summed E-state index contributed by atoms with van der Waals surface area (Å²) in [5.41, 5.74) is 7.14. The van der Waals surface area contributed by atoms with Gasteiger partial charge in [-0.05, 0) is 134 Å². The van der Waals surface area contributed by atoms with Crippen molar-refractivity contribution in [3.8, 4) is 0 Å². The number of urea groups is 1. The van der Waals surface area contributed by atoms with Crippen molar-refractivity contribution in [3.63, 3.8) is 0 Å². The quantitative estimate of drug-likeness (QED) is 0.234. The van der Waals surface area contributed by atoms with Gasteiger partial charge in [0.15, 0.2) is 0 Å². The van der Waals surface area contributed by atoms with E-state index < -0.39 is 48.3 Å². The normalized spacial score (nSPS) is 22.5. The topological polar surface area (TPSA) is 95.3 Å². The number of carbonyl (C=O) groups excluding carboxylic acids is 1. The van der Waals surface area contributed by atoms with E-state index >= 15 is 0 Å². The number of nitrogens with zero attached hydrogens (tertiary/aromatic N) is 1. The van der Waals surface area contributed by atoms with E-state index in [9.17, 15) is 13.6 Å². The van der Waals surface area contributed by atoms with E-state index in [2.05, 4.69) is 19.2 Å². The number of carbonyl (C=O) groups is 1. The van der Waals surface area contributed by atoms with Crippen LogP contribution in [0.25, 0.3) is 0 Å². The second-order valence-corrected chi connectivity index (χ2v) is 17.1. The Hall–Kier alpha value is -2.37. The predicted molar refractivity (Wildman–Crippen MR) is 217 cm³/mol. The van der Waals surface area contributed by atoms with E-state index in [4.69, 9.17) is 24.4 Å². The number of amides is 2. The van der Waals surface area contributed by atoms with Crippen molar-refractivity contribution in [1.82, 2.24) is 4.90 Å². The largest absolute Gasteiger partial charge is 0.495 e. The second kappa shape index (κ2) is 17.6. The van der Waals surface area contributed by atoms with E-state index in [1.54, 1.807) is 17.0 Å². The molecule has 3 saturated heterocycles. The molecule has 2 aromatic carbocycles. The zero-order valence-corrected chi connectivity index (χ0v) is 35.0. The number of benzene rings is 2. The minimum Gasteiger partial charge on any atom is -0.399 e. The highest BCUT2D eigenvalue weighted by Crippen LogP contribution is 2.38. The standard InChI is InChI=1S/C20H30BFN2O3.C13H19BFNO2.C7H14.ClH/c1-7-14-8-9-24(12-14)18(25)23-17-11-15(13(2)10-16(17)22)21-26-19(3,4)20(5,6)27-21;1-8-6-10(15)11(16)7-9(8)14-17-12(2,3)13(4,5)18-14;1-2-7-5-3-4-6-7;/h10-11,14H,7-9,12H2,1-6H3,(H,23,25);6-7H,16H2,1-5H3;7H,2-6H2,1H3;1H/t14-;;;/m1.../s1. The molecule has 1 aliphatic carbocycles. The second-order valence-electron chi connectivity index (χ2n) is 17.1. The Labute approximate surface area is 324 Å². The van der Waals surface area contributed by atoms with E-state index in [1.807, 2.05) is 69.2 Å². The van der Waals surface area contributed by atoms with E-state index in [0.717, 1.165) is 47.4 Å². The van der Waals surface area contributed by atoms with Crippen LogP contribution in [-0.2, 0) is 18.6 Å². The van der Waals surface area contributed by atoms with Crippen molar-refractivity contribution in [2.24, 2.45) is 11.8 Å². The molecular weight excluding hydrogens is 698 g/mol. The molecule has 53 heavy (non-hydrogen) atoms. The zero-order valence-electron chi connectivity index (χ0n) is 34.2. The summed E-state index contributed by atoms with van der Waals surface area (Å²) in [4.78, 5) is 14.3. The first kappa shape index (κ1) is 45.0. The fourth-order valence-electron chi connectivity index (χ4n) is 6.90. The summed E-state index contributed by atoms with van der Waals surface area (Å²) >= 11 is 0. The summed E-state index contributed by atoms with van der Waals surface area (Å²) in [5, 5.41) is 2.73. The molecule has 2 amide bonds. The van der Waals surface area contributed by atoms with Gasteiger partial charge in [0.1, 0.15) is 11.6 Å². The van der Waals surface area contributed by atoms with Crippen LogP contribution in [0.15, 0.2) is 24.3 Å². The summed E-state index contributed by atoms with van der Waals surface area (Å²) in [5.74, 6) is 0.763. The highest BCUT2D eigenvalue weighted by Gasteiger charge is 2.53. The molecule has 0 radical (unpaired) electrons. The number of aryl methyl sites for hydroxylation is 2. The maximum Gasteiger partial charge on any atom is 0.495 e. The van der Waals surface area contributed by atoms with Crippen LogP contribution in [0.3, 0.4) is 0 Å². The average molecular weight is 762 g/mol. The summed E-state index contributed by atoms with van der Waals surface area (Å²) in [6, 6.07) is 5.81. The summed E-state index contributed by atoms with van der Waals surface area (Å²) < 4.78 is 51.9. The van der Waals surface area contributed by atoms with Gasteiger partial charge in [-0.25, -0.2) is 13.6 Å². The SMILES string of the molecule is CCC1CCCC1.CC[C@@H]1CCN(C(=O)Nc2cc(B3OC(C)(C)C(C)(C)O3)c(C)cc2F)C1.Cc1cc(F)c(N)cc1B1OC(C)(C)C(C)(C)O1.Cl. The van der Waals surface area contributed by atoms with E-state index in [1.165, 1.54) is 44.2 Å². The molecule has 4 aliphatic rings. The van der Waals surface area contributed by atoms with Crippen LogP contribution in [0, 0.1) is 37.3 Å². The molecular formula is C40H64B2ClF2N3O5. The number of nitrogens with two attached hydrogens (primary N) is 1. The monoisotopic (exact) mass is 761 g/mol. The summed E-state index contributed by atoms with van der Waals surface area (Å²) in [7, 11) is -1.10. The van der Waals surface area contributed by atoms with Gasteiger partial charge < -0.3 is 34.6 Å². The number of nitrogens with one attached hydrogen (secondary N) is 1. The van der Waals surface area contributed by atoms with Gasteiger partial charge >= 0.3 is 20.3 Å². The fraction of sp³-hybridized carbons (Fsp3) is 0.675. The smallest absolute Gasteiger partial charge is 0.399 e. The summed E-state index contributed by atoms with van der Waals surface area (Å²) in [6.45, 7) is 25.3. The molecule has 2 aromatic rings. The Bertz CT molecular complexity index is 1540. The first-order valence-corrected chi connectivity index (χ1v) is 19.2. The molecule has 1 atom stereocenters. The maximum atomic E-state index is 14.5.